The van der Waals surface area contributed by atoms with Crippen LogP contribution >= 0.6 is 11.3 Å². The van der Waals surface area contributed by atoms with Gasteiger partial charge in [-0.05, 0) is 25.5 Å². The highest BCUT2D eigenvalue weighted by Gasteiger charge is 2.15. The molecule has 23 heavy (non-hydrogen) atoms. The first-order valence-electron chi connectivity index (χ1n) is 7.53. The van der Waals surface area contributed by atoms with E-state index in [-0.39, 0.29) is 11.9 Å². The van der Waals surface area contributed by atoms with Gasteiger partial charge < -0.3 is 10.6 Å². The lowest BCUT2D eigenvalue weighted by atomic mass is 10.2. The van der Waals surface area contributed by atoms with Crippen LogP contribution in [0.1, 0.15) is 13.8 Å². The van der Waals surface area contributed by atoms with Gasteiger partial charge in [-0.15, -0.1) is 11.3 Å². The molecular formula is C17H18N4OS. The number of carbonyl (C=O) groups excluding carboxylic acids is 1. The van der Waals surface area contributed by atoms with E-state index < -0.39 is 0 Å². The monoisotopic (exact) mass is 326 g/mol. The van der Waals surface area contributed by atoms with Crippen LogP contribution in [0, 0.1) is 0 Å². The van der Waals surface area contributed by atoms with Gasteiger partial charge in [0.15, 0.2) is 0 Å². The van der Waals surface area contributed by atoms with Crippen molar-refractivity contribution < 1.29 is 4.79 Å². The van der Waals surface area contributed by atoms with Crippen molar-refractivity contribution in [1.82, 2.24) is 15.3 Å². The second kappa shape index (κ2) is 6.75. The summed E-state index contributed by atoms with van der Waals surface area (Å²) in [6, 6.07) is 11.9. The molecule has 5 nitrogen and oxygen atoms in total. The molecule has 3 rings (SSSR count). The number of anilines is 1. The quantitative estimate of drug-likeness (QED) is 0.755. The largest absolute Gasteiger partial charge is 0.358 e. The van der Waals surface area contributed by atoms with Gasteiger partial charge in [0, 0.05) is 11.4 Å². The van der Waals surface area contributed by atoms with Crippen LogP contribution in [0.3, 0.4) is 0 Å². The Hall–Kier alpha value is -2.47. The fourth-order valence-electron chi connectivity index (χ4n) is 2.31. The molecule has 0 aliphatic rings. The Labute approximate surface area is 138 Å². The Morgan fingerprint density at radius 2 is 2.04 bits per heavy atom. The number of benzene rings is 1. The molecule has 0 saturated heterocycles. The molecule has 2 N–H and O–H groups in total. The first-order valence-corrected chi connectivity index (χ1v) is 8.35. The van der Waals surface area contributed by atoms with Crippen LogP contribution in [0.15, 0.2) is 42.7 Å². The average Bonchev–Trinajstić information content (AvgIpc) is 3.01. The summed E-state index contributed by atoms with van der Waals surface area (Å²) in [4.78, 5) is 22.6. The Bertz CT molecular complexity index is 816. The highest BCUT2D eigenvalue weighted by molar-refractivity contribution is 7.21. The van der Waals surface area contributed by atoms with Crippen LogP contribution in [0.2, 0.25) is 0 Å². The van der Waals surface area contributed by atoms with Crippen LogP contribution in [-0.2, 0) is 4.79 Å². The Morgan fingerprint density at radius 1 is 1.26 bits per heavy atom. The first-order chi connectivity index (χ1) is 11.2. The molecule has 0 spiro atoms. The number of amides is 1. The first kappa shape index (κ1) is 15.4. The third-order valence-corrected chi connectivity index (χ3v) is 4.58. The summed E-state index contributed by atoms with van der Waals surface area (Å²) in [6.45, 7) is 4.34. The van der Waals surface area contributed by atoms with Crippen molar-refractivity contribution >= 4 is 33.3 Å². The number of thiophene rings is 1. The molecular weight excluding hydrogens is 308 g/mol. The second-order valence-electron chi connectivity index (χ2n) is 5.18. The second-order valence-corrected chi connectivity index (χ2v) is 6.21. The molecule has 0 fully saturated rings. The molecule has 6 heteroatoms. The highest BCUT2D eigenvalue weighted by atomic mass is 32.1. The van der Waals surface area contributed by atoms with Gasteiger partial charge in [0.1, 0.15) is 23.0 Å². The predicted octanol–water partition coefficient (Wildman–Crippen LogP) is 3.29. The van der Waals surface area contributed by atoms with Gasteiger partial charge in [-0.1, -0.05) is 30.3 Å². The maximum atomic E-state index is 11.9. The number of fused-ring (bicyclic) bond motifs is 1. The standard InChI is InChI=1S/C17H18N4OS/c1-3-18-16(22)11(2)21-15-13-9-14(12-7-5-4-6-8-12)23-17(13)20-10-19-15/h4-11H,3H2,1-2H3,(H,18,22)(H,19,20,21)/t11-/m0/s1. The van der Waals surface area contributed by atoms with Crippen LogP contribution in [-0.4, -0.2) is 28.5 Å². The summed E-state index contributed by atoms with van der Waals surface area (Å²) in [5, 5.41) is 6.92. The minimum Gasteiger partial charge on any atom is -0.358 e. The summed E-state index contributed by atoms with van der Waals surface area (Å²) in [5.74, 6) is 0.643. The van der Waals surface area contributed by atoms with Crippen LogP contribution in [0.5, 0.6) is 0 Å². The number of carbonyl (C=O) groups is 1. The number of aromatic nitrogens is 2. The zero-order valence-electron chi connectivity index (χ0n) is 13.0. The SMILES string of the molecule is CCNC(=O)[C@H](C)Nc1ncnc2sc(-c3ccccc3)cc12. The highest BCUT2D eigenvalue weighted by Crippen LogP contribution is 2.34. The van der Waals surface area contributed by atoms with Crippen molar-refractivity contribution in [3.05, 3.63) is 42.7 Å². The molecule has 0 aliphatic heterocycles. The van der Waals surface area contributed by atoms with Crippen molar-refractivity contribution in [2.45, 2.75) is 19.9 Å². The number of hydrogen-bond donors (Lipinski definition) is 2. The van der Waals surface area contributed by atoms with E-state index in [9.17, 15) is 4.79 Å². The van der Waals surface area contributed by atoms with E-state index in [0.29, 0.717) is 12.4 Å². The van der Waals surface area contributed by atoms with Gasteiger partial charge in [0.25, 0.3) is 0 Å². The third-order valence-electron chi connectivity index (χ3n) is 3.49. The van der Waals surface area contributed by atoms with Crippen LogP contribution in [0.25, 0.3) is 20.7 Å². The number of nitrogens with one attached hydrogen (secondary N) is 2. The molecule has 1 atom stereocenters. The normalized spacial score (nSPS) is 12.1. The Kier molecular flexibility index (Phi) is 4.52. The zero-order valence-corrected chi connectivity index (χ0v) is 13.9. The third kappa shape index (κ3) is 3.32. The molecule has 0 aliphatic carbocycles. The Balaban J connectivity index is 1.93. The molecule has 0 radical (unpaired) electrons. The molecule has 118 valence electrons. The fraction of sp³-hybridized carbons (Fsp3) is 0.235. The molecule has 0 saturated carbocycles. The molecule has 1 amide bonds. The van der Waals surface area contributed by atoms with E-state index >= 15 is 0 Å². The van der Waals surface area contributed by atoms with Gasteiger partial charge in [-0.25, -0.2) is 9.97 Å². The maximum Gasteiger partial charge on any atom is 0.242 e. The van der Waals surface area contributed by atoms with E-state index in [2.05, 4.69) is 38.8 Å². The number of hydrogen-bond acceptors (Lipinski definition) is 5. The lowest BCUT2D eigenvalue weighted by molar-refractivity contribution is -0.121. The minimum atomic E-state index is -0.354. The summed E-state index contributed by atoms with van der Waals surface area (Å²) in [5.41, 5.74) is 1.15. The number of likely N-dealkylation sites (N-methyl/N-ethyl adjacent to an activating group) is 1. The van der Waals surface area contributed by atoms with E-state index in [1.54, 1.807) is 11.3 Å². The molecule has 2 heterocycles. The van der Waals surface area contributed by atoms with Gasteiger partial charge >= 0.3 is 0 Å². The van der Waals surface area contributed by atoms with E-state index in [0.717, 1.165) is 20.7 Å². The lowest BCUT2D eigenvalue weighted by Gasteiger charge is -2.14. The van der Waals surface area contributed by atoms with Crippen molar-refractivity contribution in [2.24, 2.45) is 0 Å². The fourth-order valence-corrected chi connectivity index (χ4v) is 3.32. The van der Waals surface area contributed by atoms with Crippen molar-refractivity contribution in [2.75, 3.05) is 11.9 Å². The molecule has 0 unspecified atom stereocenters. The molecule has 1 aromatic carbocycles. The van der Waals surface area contributed by atoms with Crippen molar-refractivity contribution in [3.8, 4) is 10.4 Å². The van der Waals surface area contributed by atoms with E-state index in [4.69, 9.17) is 0 Å². The predicted molar refractivity (Wildman–Crippen MR) is 94.6 cm³/mol. The summed E-state index contributed by atoms with van der Waals surface area (Å²) in [7, 11) is 0. The maximum absolute atomic E-state index is 11.9. The van der Waals surface area contributed by atoms with E-state index in [1.807, 2.05) is 32.0 Å². The van der Waals surface area contributed by atoms with Gasteiger partial charge in [-0.3, -0.25) is 4.79 Å². The lowest BCUT2D eigenvalue weighted by Crippen LogP contribution is -2.37. The van der Waals surface area contributed by atoms with E-state index in [1.165, 1.54) is 6.33 Å². The van der Waals surface area contributed by atoms with Crippen molar-refractivity contribution in [3.63, 3.8) is 0 Å². The van der Waals surface area contributed by atoms with Crippen LogP contribution in [0.4, 0.5) is 5.82 Å². The van der Waals surface area contributed by atoms with Gasteiger partial charge in [0.05, 0.1) is 5.39 Å². The smallest absolute Gasteiger partial charge is 0.242 e. The topological polar surface area (TPSA) is 66.9 Å². The molecule has 0 bridgehead atoms. The number of rotatable bonds is 5. The summed E-state index contributed by atoms with van der Waals surface area (Å²) < 4.78 is 0. The minimum absolute atomic E-state index is 0.0437. The summed E-state index contributed by atoms with van der Waals surface area (Å²) >= 11 is 1.62. The van der Waals surface area contributed by atoms with Crippen molar-refractivity contribution in [1.29, 1.82) is 0 Å². The molecule has 2 aromatic heterocycles. The van der Waals surface area contributed by atoms with Gasteiger partial charge in [-0.2, -0.15) is 0 Å². The number of nitrogens with zero attached hydrogens (tertiary/aromatic N) is 2. The molecule has 3 aromatic rings. The summed E-state index contributed by atoms with van der Waals surface area (Å²) in [6.07, 6.45) is 1.53. The zero-order chi connectivity index (χ0) is 16.2. The average molecular weight is 326 g/mol. The Morgan fingerprint density at radius 3 is 2.78 bits per heavy atom. The van der Waals surface area contributed by atoms with Gasteiger partial charge in [0.2, 0.25) is 5.91 Å². The van der Waals surface area contributed by atoms with Crippen LogP contribution < -0.4 is 10.6 Å².